The van der Waals surface area contributed by atoms with Gasteiger partial charge in [0.05, 0.1) is 22.6 Å². The summed E-state index contributed by atoms with van der Waals surface area (Å²) in [5.41, 5.74) is 15.4. The van der Waals surface area contributed by atoms with E-state index in [1.54, 1.807) is 6.07 Å². The molecule has 0 radical (unpaired) electrons. The molecule has 4 heteroatoms. The fraction of sp³-hybridized carbons (Fsp3) is 0.556. The van der Waals surface area contributed by atoms with Crippen LogP contribution in [0.1, 0.15) is 64.9 Å². The first kappa shape index (κ1) is 21.1. The lowest BCUT2D eigenvalue weighted by atomic mass is 9.35. The monoisotopic (exact) mass is 436 g/mol. The Balaban J connectivity index is 1.40. The third-order valence-electron chi connectivity index (χ3n) is 9.13. The maximum Gasteiger partial charge on any atom is 0.138 e. The Hall–Kier alpha value is -1.81. The number of nitrogen functional groups attached to an aromatic ring is 2. The van der Waals surface area contributed by atoms with Gasteiger partial charge in [0.25, 0.3) is 0 Å². The van der Waals surface area contributed by atoms with Crippen LogP contribution in [0.5, 0.6) is 5.75 Å². The first-order valence-electron chi connectivity index (χ1n) is 11.9. The van der Waals surface area contributed by atoms with Crippen LogP contribution in [0.15, 0.2) is 47.4 Å². The third kappa shape index (κ3) is 3.33. The Morgan fingerprint density at radius 3 is 2.55 bits per heavy atom. The van der Waals surface area contributed by atoms with Gasteiger partial charge in [-0.25, -0.2) is 0 Å². The number of benzene rings is 2. The van der Waals surface area contributed by atoms with E-state index in [9.17, 15) is 0 Å². The van der Waals surface area contributed by atoms with Gasteiger partial charge >= 0.3 is 0 Å². The Kier molecular flexibility index (Phi) is 5.20. The number of rotatable bonds is 4. The summed E-state index contributed by atoms with van der Waals surface area (Å²) in [4.78, 5) is 0.897. The minimum absolute atomic E-state index is 0.239. The van der Waals surface area contributed by atoms with E-state index in [4.69, 9.17) is 15.7 Å². The predicted octanol–water partition coefficient (Wildman–Crippen LogP) is 7.07. The summed E-state index contributed by atoms with van der Waals surface area (Å²) in [6.45, 7) is 7.57. The van der Waals surface area contributed by atoms with Crippen molar-refractivity contribution < 1.29 is 4.18 Å². The summed E-state index contributed by atoms with van der Waals surface area (Å²) >= 11 is 1.32. The first-order valence-corrected chi connectivity index (χ1v) is 12.7. The van der Waals surface area contributed by atoms with E-state index < -0.39 is 0 Å². The van der Waals surface area contributed by atoms with Crippen LogP contribution in [-0.2, 0) is 5.41 Å². The van der Waals surface area contributed by atoms with Crippen molar-refractivity contribution in [3.05, 3.63) is 48.0 Å². The van der Waals surface area contributed by atoms with Crippen LogP contribution < -0.4 is 15.7 Å². The lowest BCUT2D eigenvalue weighted by Gasteiger charge is -2.69. The van der Waals surface area contributed by atoms with Crippen molar-refractivity contribution in [3.63, 3.8) is 0 Å². The topological polar surface area (TPSA) is 61.3 Å². The highest BCUT2D eigenvalue weighted by Crippen LogP contribution is 2.71. The molecule has 0 aliphatic heterocycles. The molecule has 6 atom stereocenters. The van der Waals surface area contributed by atoms with Gasteiger partial charge in [-0.15, -0.1) is 0 Å². The molecule has 5 rings (SSSR count). The second-order valence-electron chi connectivity index (χ2n) is 10.9. The minimum Gasteiger partial charge on any atom is -0.421 e. The number of nitrogens with two attached hydrogens (primary N) is 2. The van der Waals surface area contributed by atoms with Gasteiger partial charge < -0.3 is 15.7 Å². The summed E-state index contributed by atoms with van der Waals surface area (Å²) in [7, 11) is 0. The van der Waals surface area contributed by atoms with Gasteiger partial charge in [-0.3, -0.25) is 0 Å². The zero-order valence-electron chi connectivity index (χ0n) is 19.1. The summed E-state index contributed by atoms with van der Waals surface area (Å²) in [6.07, 6.45) is 8.40. The normalized spacial score (nSPS) is 36.7. The SMILES string of the molecule is CC1CC2CC(C)C3(CCC3(C)c3cccc(OSc4ccc(N)cc4N)c3)C(C1)C2. The first-order chi connectivity index (χ1) is 14.8. The van der Waals surface area contributed by atoms with E-state index in [2.05, 4.69) is 45.0 Å². The van der Waals surface area contributed by atoms with Crippen molar-refractivity contribution in [1.82, 2.24) is 0 Å². The molecule has 166 valence electrons. The fourth-order valence-electron chi connectivity index (χ4n) is 7.75. The van der Waals surface area contributed by atoms with Gasteiger partial charge in [0.15, 0.2) is 0 Å². The molecule has 0 amide bonds. The summed E-state index contributed by atoms with van der Waals surface area (Å²) in [5.74, 6) is 4.42. The van der Waals surface area contributed by atoms with Crippen LogP contribution in [0.2, 0.25) is 0 Å². The molecule has 4 N–H and O–H groups in total. The van der Waals surface area contributed by atoms with E-state index in [1.165, 1.54) is 56.1 Å². The van der Waals surface area contributed by atoms with E-state index in [-0.39, 0.29) is 5.41 Å². The van der Waals surface area contributed by atoms with Crippen LogP contribution in [0.25, 0.3) is 0 Å². The highest BCUT2D eigenvalue weighted by molar-refractivity contribution is 7.95. The number of hydrogen-bond acceptors (Lipinski definition) is 4. The van der Waals surface area contributed by atoms with Gasteiger partial charge in [-0.05, 0) is 109 Å². The molecule has 3 fully saturated rings. The van der Waals surface area contributed by atoms with Crippen LogP contribution in [-0.4, -0.2) is 0 Å². The van der Waals surface area contributed by atoms with Crippen molar-refractivity contribution in [2.75, 3.05) is 11.5 Å². The molecule has 0 heterocycles. The van der Waals surface area contributed by atoms with Gasteiger partial charge in [-0.2, -0.15) is 0 Å². The van der Waals surface area contributed by atoms with Crippen molar-refractivity contribution in [2.45, 2.75) is 69.6 Å². The maximum atomic E-state index is 6.11. The van der Waals surface area contributed by atoms with Crippen LogP contribution in [0, 0.1) is 29.1 Å². The van der Waals surface area contributed by atoms with Crippen molar-refractivity contribution in [2.24, 2.45) is 29.1 Å². The second kappa shape index (κ2) is 7.65. The quantitative estimate of drug-likeness (QED) is 0.397. The van der Waals surface area contributed by atoms with E-state index in [1.807, 2.05) is 12.1 Å². The van der Waals surface area contributed by atoms with Gasteiger partial charge in [-0.1, -0.05) is 32.9 Å². The molecule has 3 saturated carbocycles. The molecule has 2 bridgehead atoms. The molecule has 2 aromatic carbocycles. The molecule has 31 heavy (non-hydrogen) atoms. The Bertz CT molecular complexity index is 973. The van der Waals surface area contributed by atoms with Gasteiger partial charge in [0, 0.05) is 5.69 Å². The van der Waals surface area contributed by atoms with Gasteiger partial charge in [0.2, 0.25) is 0 Å². The summed E-state index contributed by atoms with van der Waals surface area (Å²) in [5, 5.41) is 0. The molecular formula is C27H36N2OS. The van der Waals surface area contributed by atoms with Crippen LogP contribution >= 0.6 is 12.0 Å². The number of hydrogen-bond donors (Lipinski definition) is 2. The Labute approximate surface area is 191 Å². The Morgan fingerprint density at radius 1 is 0.968 bits per heavy atom. The molecule has 6 unspecified atom stereocenters. The standard InChI is InChI=1S/C27H36N2OS/c1-17-11-19-13-18(2)27(21(12-17)14-19)10-9-26(27,3)20-5-4-6-23(15-20)30-31-25-8-7-22(28)16-24(25)29/h4-8,15-19,21H,9-14,28-29H2,1-3H3. The maximum absolute atomic E-state index is 6.11. The van der Waals surface area contributed by atoms with Crippen molar-refractivity contribution in [3.8, 4) is 5.75 Å². The molecule has 1 spiro atoms. The number of fused-ring (bicyclic) bond motifs is 3. The van der Waals surface area contributed by atoms with Crippen molar-refractivity contribution in [1.29, 1.82) is 0 Å². The summed E-state index contributed by atoms with van der Waals surface area (Å²) in [6, 6.07) is 14.4. The molecule has 3 aliphatic carbocycles. The van der Waals surface area contributed by atoms with E-state index in [0.717, 1.165) is 34.3 Å². The fourth-order valence-corrected chi connectivity index (χ4v) is 8.31. The molecular weight excluding hydrogens is 400 g/mol. The lowest BCUT2D eigenvalue weighted by Crippen LogP contribution is -2.63. The lowest BCUT2D eigenvalue weighted by molar-refractivity contribution is -0.156. The summed E-state index contributed by atoms with van der Waals surface area (Å²) < 4.78 is 6.11. The van der Waals surface area contributed by atoms with Crippen LogP contribution in [0.4, 0.5) is 11.4 Å². The average Bonchev–Trinajstić information content (AvgIpc) is 2.71. The minimum atomic E-state index is 0.239. The highest BCUT2D eigenvalue weighted by atomic mass is 32.2. The van der Waals surface area contributed by atoms with Gasteiger partial charge in [0.1, 0.15) is 5.75 Å². The molecule has 3 aliphatic rings. The van der Waals surface area contributed by atoms with E-state index >= 15 is 0 Å². The highest BCUT2D eigenvalue weighted by Gasteiger charge is 2.65. The third-order valence-corrected chi connectivity index (χ3v) is 9.96. The van der Waals surface area contributed by atoms with E-state index in [0.29, 0.717) is 16.8 Å². The number of anilines is 2. The average molecular weight is 437 g/mol. The van der Waals surface area contributed by atoms with Crippen LogP contribution in [0.3, 0.4) is 0 Å². The second-order valence-corrected chi connectivity index (χ2v) is 11.6. The zero-order chi connectivity index (χ0) is 21.8. The zero-order valence-corrected chi connectivity index (χ0v) is 19.9. The van der Waals surface area contributed by atoms with Crippen molar-refractivity contribution >= 4 is 23.4 Å². The predicted molar refractivity (Wildman–Crippen MR) is 131 cm³/mol. The Morgan fingerprint density at radius 2 is 1.81 bits per heavy atom. The smallest absolute Gasteiger partial charge is 0.138 e. The largest absolute Gasteiger partial charge is 0.421 e. The molecule has 0 saturated heterocycles. The molecule has 0 aromatic heterocycles. The molecule has 2 aromatic rings. The molecule has 3 nitrogen and oxygen atoms in total.